The maximum absolute atomic E-state index is 12.6. The number of para-hydroxylation sites is 1. The molecule has 1 aliphatic heterocycles. The van der Waals surface area contributed by atoms with Gasteiger partial charge in [-0.1, -0.05) is 41.3 Å². The van der Waals surface area contributed by atoms with Gasteiger partial charge in [0, 0.05) is 24.5 Å². The Morgan fingerprint density at radius 2 is 1.72 bits per heavy atom. The molecule has 0 saturated carbocycles. The first kappa shape index (κ1) is 22.7. The molecule has 2 heterocycles. The highest BCUT2D eigenvalue weighted by Gasteiger charge is 2.27. The predicted octanol–water partition coefficient (Wildman–Crippen LogP) is 4.19. The second-order valence-corrected chi connectivity index (χ2v) is 11.8. The molecule has 2 N–H and O–H groups in total. The Kier molecular flexibility index (Phi) is 7.09. The number of carbonyl (C=O) groups is 1. The van der Waals surface area contributed by atoms with Gasteiger partial charge in [0.25, 0.3) is 0 Å². The summed E-state index contributed by atoms with van der Waals surface area (Å²) in [6.45, 7) is 2.91. The summed E-state index contributed by atoms with van der Waals surface area (Å²) >= 11 is 2.69. The maximum atomic E-state index is 12.6. The number of nitrogens with zero attached hydrogens (tertiary/aromatic N) is 3. The van der Waals surface area contributed by atoms with Crippen LogP contribution < -0.4 is 10.6 Å². The highest BCUT2D eigenvalue weighted by atomic mass is 32.2. The van der Waals surface area contributed by atoms with E-state index in [0.717, 1.165) is 18.5 Å². The molecule has 3 aromatic rings. The molecule has 32 heavy (non-hydrogen) atoms. The summed E-state index contributed by atoms with van der Waals surface area (Å²) in [5.74, 6) is -0.196. The van der Waals surface area contributed by atoms with Gasteiger partial charge in [0.05, 0.1) is 10.1 Å². The number of hydrogen-bond acceptors (Lipinski definition) is 8. The summed E-state index contributed by atoms with van der Waals surface area (Å²) in [6, 6.07) is 16.0. The normalized spacial score (nSPS) is 15.4. The minimum atomic E-state index is -3.46. The zero-order chi connectivity index (χ0) is 22.6. The van der Waals surface area contributed by atoms with Crippen LogP contribution in [-0.4, -0.2) is 47.2 Å². The Morgan fingerprint density at radius 1 is 1.03 bits per heavy atom. The number of hydrogen-bond donors (Lipinski definition) is 2. The molecule has 1 aromatic heterocycles. The highest BCUT2D eigenvalue weighted by molar-refractivity contribution is 8.02. The quantitative estimate of drug-likeness (QED) is 0.457. The minimum absolute atomic E-state index is 0.196. The van der Waals surface area contributed by atoms with Gasteiger partial charge in [-0.2, -0.15) is 4.31 Å². The van der Waals surface area contributed by atoms with Gasteiger partial charge in [0.2, 0.25) is 21.1 Å². The van der Waals surface area contributed by atoms with Crippen molar-refractivity contribution in [2.75, 3.05) is 23.7 Å². The first-order chi connectivity index (χ1) is 15.4. The second kappa shape index (κ2) is 9.99. The van der Waals surface area contributed by atoms with Crippen LogP contribution in [0.5, 0.6) is 0 Å². The number of nitrogens with one attached hydrogen (secondary N) is 2. The molecule has 0 aliphatic carbocycles. The molecular formula is C21H23N5O3S3. The number of rotatable bonds is 8. The van der Waals surface area contributed by atoms with Gasteiger partial charge in [-0.25, -0.2) is 8.42 Å². The molecule has 8 nitrogen and oxygen atoms in total. The van der Waals surface area contributed by atoms with Crippen molar-refractivity contribution < 1.29 is 13.2 Å². The molecule has 2 aromatic carbocycles. The SMILES string of the molecule is CC(Sc1nnc(Nc2ccccc2)s1)C(=O)Nc1ccc(S(=O)(=O)N2CCCC2)cc1. The van der Waals surface area contributed by atoms with E-state index in [1.807, 2.05) is 30.3 Å². The van der Waals surface area contributed by atoms with Gasteiger partial charge in [-0.15, -0.1) is 10.2 Å². The first-order valence-electron chi connectivity index (χ1n) is 10.1. The Balaban J connectivity index is 1.33. The average Bonchev–Trinajstić information content (AvgIpc) is 3.48. The summed E-state index contributed by atoms with van der Waals surface area (Å²) in [5, 5.41) is 14.5. The van der Waals surface area contributed by atoms with E-state index in [1.165, 1.54) is 39.5 Å². The number of carbonyl (C=O) groups excluding carboxylic acids is 1. The largest absolute Gasteiger partial charge is 0.330 e. The Morgan fingerprint density at radius 3 is 2.41 bits per heavy atom. The molecule has 0 bridgehead atoms. The fourth-order valence-corrected chi connectivity index (χ4v) is 6.62. The van der Waals surface area contributed by atoms with Crippen molar-refractivity contribution in [1.82, 2.24) is 14.5 Å². The lowest BCUT2D eigenvalue weighted by Crippen LogP contribution is -2.27. The summed E-state index contributed by atoms with van der Waals surface area (Å²) in [4.78, 5) is 12.8. The van der Waals surface area contributed by atoms with E-state index in [0.29, 0.717) is 28.2 Å². The topological polar surface area (TPSA) is 104 Å². The summed E-state index contributed by atoms with van der Waals surface area (Å²) < 4.78 is 27.4. The number of aromatic nitrogens is 2. The Hall–Kier alpha value is -2.47. The molecule has 1 atom stereocenters. The molecule has 1 unspecified atom stereocenters. The second-order valence-electron chi connectivity index (χ2n) is 7.25. The van der Waals surface area contributed by atoms with Crippen LogP contribution in [0.1, 0.15) is 19.8 Å². The van der Waals surface area contributed by atoms with E-state index >= 15 is 0 Å². The third-order valence-corrected chi connectivity index (χ3v) is 8.84. The fraction of sp³-hybridized carbons (Fsp3) is 0.286. The third-order valence-electron chi connectivity index (χ3n) is 4.90. The number of anilines is 3. The number of amides is 1. The molecule has 1 aliphatic rings. The number of thioether (sulfide) groups is 1. The summed E-state index contributed by atoms with van der Waals surface area (Å²) in [5.41, 5.74) is 1.47. The van der Waals surface area contributed by atoms with Crippen molar-refractivity contribution in [1.29, 1.82) is 0 Å². The van der Waals surface area contributed by atoms with Crippen molar-refractivity contribution in [3.63, 3.8) is 0 Å². The van der Waals surface area contributed by atoms with Crippen molar-refractivity contribution in [3.05, 3.63) is 54.6 Å². The van der Waals surface area contributed by atoms with Crippen molar-refractivity contribution >= 4 is 55.5 Å². The van der Waals surface area contributed by atoms with Crippen LogP contribution >= 0.6 is 23.1 Å². The number of benzene rings is 2. The molecule has 1 fully saturated rings. The lowest BCUT2D eigenvalue weighted by Gasteiger charge is -2.16. The van der Waals surface area contributed by atoms with Crippen LogP contribution in [-0.2, 0) is 14.8 Å². The zero-order valence-electron chi connectivity index (χ0n) is 17.4. The molecule has 168 valence electrons. The van der Waals surface area contributed by atoms with E-state index in [9.17, 15) is 13.2 Å². The van der Waals surface area contributed by atoms with Crippen LogP contribution in [0.15, 0.2) is 63.8 Å². The van der Waals surface area contributed by atoms with E-state index < -0.39 is 15.3 Å². The van der Waals surface area contributed by atoms with E-state index in [4.69, 9.17) is 0 Å². The molecule has 0 radical (unpaired) electrons. The maximum Gasteiger partial charge on any atom is 0.243 e. The minimum Gasteiger partial charge on any atom is -0.330 e. The Bertz CT molecular complexity index is 1160. The van der Waals surface area contributed by atoms with Crippen LogP contribution in [0, 0.1) is 0 Å². The average molecular weight is 490 g/mol. The number of sulfonamides is 1. The zero-order valence-corrected chi connectivity index (χ0v) is 19.8. The smallest absolute Gasteiger partial charge is 0.243 e. The lowest BCUT2D eigenvalue weighted by molar-refractivity contribution is -0.115. The third kappa shape index (κ3) is 5.47. The van der Waals surface area contributed by atoms with Crippen LogP contribution in [0.3, 0.4) is 0 Å². The lowest BCUT2D eigenvalue weighted by atomic mass is 10.3. The summed E-state index contributed by atoms with van der Waals surface area (Å²) in [7, 11) is -3.46. The predicted molar refractivity (Wildman–Crippen MR) is 128 cm³/mol. The van der Waals surface area contributed by atoms with E-state index in [2.05, 4.69) is 20.8 Å². The Labute approximate surface area is 195 Å². The van der Waals surface area contributed by atoms with Crippen LogP contribution in [0.25, 0.3) is 0 Å². The monoisotopic (exact) mass is 489 g/mol. The van der Waals surface area contributed by atoms with Crippen molar-refractivity contribution in [2.45, 2.75) is 34.3 Å². The van der Waals surface area contributed by atoms with Crippen LogP contribution in [0.4, 0.5) is 16.5 Å². The molecular weight excluding hydrogens is 466 g/mol. The van der Waals surface area contributed by atoms with E-state index in [-0.39, 0.29) is 10.8 Å². The van der Waals surface area contributed by atoms with Gasteiger partial charge in [-0.05, 0) is 56.2 Å². The molecule has 0 spiro atoms. The summed E-state index contributed by atoms with van der Waals surface area (Å²) in [6.07, 6.45) is 1.78. The van der Waals surface area contributed by atoms with Gasteiger partial charge < -0.3 is 10.6 Å². The molecule has 4 rings (SSSR count). The molecule has 1 saturated heterocycles. The standard InChI is InChI=1S/C21H23N5O3S3/c1-15(30-21-25-24-20(31-21)23-16-7-3-2-4-8-16)19(27)22-17-9-11-18(12-10-17)32(28,29)26-13-5-6-14-26/h2-4,7-12,15H,5-6,13-14H2,1H3,(H,22,27)(H,23,24). The van der Waals surface area contributed by atoms with Crippen molar-refractivity contribution in [3.8, 4) is 0 Å². The molecule has 1 amide bonds. The molecule has 11 heteroatoms. The van der Waals surface area contributed by atoms with E-state index in [1.54, 1.807) is 19.1 Å². The van der Waals surface area contributed by atoms with Gasteiger partial charge in [0.15, 0.2) is 4.34 Å². The van der Waals surface area contributed by atoms with Gasteiger partial charge >= 0.3 is 0 Å². The highest BCUT2D eigenvalue weighted by Crippen LogP contribution is 2.31. The first-order valence-corrected chi connectivity index (χ1v) is 13.3. The fourth-order valence-electron chi connectivity index (χ4n) is 3.19. The van der Waals surface area contributed by atoms with Gasteiger partial charge in [-0.3, -0.25) is 4.79 Å². The van der Waals surface area contributed by atoms with Gasteiger partial charge in [0.1, 0.15) is 0 Å². The van der Waals surface area contributed by atoms with Crippen LogP contribution in [0.2, 0.25) is 0 Å². The van der Waals surface area contributed by atoms with Crippen molar-refractivity contribution in [2.24, 2.45) is 0 Å².